The van der Waals surface area contributed by atoms with Crippen LogP contribution in [0.4, 0.5) is 40.8 Å². The number of hydrogen-bond donors (Lipinski definition) is 4. The van der Waals surface area contributed by atoms with Crippen molar-refractivity contribution in [3.05, 3.63) is 53.6 Å². The standard InChI is InChI=1S/C22H20F5N7O2.C2HF3O2/c1-12(22(25,26)27)31-20(36)14-4-17(24)19(5-16(14)23)33-10-21(11-33,2-3-28)34-8-13(6-30-34)15-7-29-32-18(15)9-35;3-2(4,5)1(6)7/h4-8,12,35H,2,9-11H2,1H3,(H,29,32)(H,31,36);(H,6,7)/t12-;/m0./s1. The summed E-state index contributed by atoms with van der Waals surface area (Å²) in [6, 6.07) is 1.12. The summed E-state index contributed by atoms with van der Waals surface area (Å²) in [5.41, 5.74) is -0.264. The average molecular weight is 623 g/mol. The number of anilines is 1. The lowest BCUT2D eigenvalue weighted by Crippen LogP contribution is -2.63. The number of aromatic nitrogens is 4. The first kappa shape index (κ1) is 32.8. The van der Waals surface area contributed by atoms with Gasteiger partial charge in [0.25, 0.3) is 5.91 Å². The van der Waals surface area contributed by atoms with E-state index >= 15 is 0 Å². The van der Waals surface area contributed by atoms with Crippen LogP contribution in [0.3, 0.4) is 0 Å². The van der Waals surface area contributed by atoms with Crippen molar-refractivity contribution in [2.24, 2.45) is 0 Å². The summed E-state index contributed by atoms with van der Waals surface area (Å²) in [7, 11) is 0. The zero-order valence-corrected chi connectivity index (χ0v) is 21.8. The van der Waals surface area contributed by atoms with E-state index in [9.17, 15) is 50.3 Å². The van der Waals surface area contributed by atoms with Crippen molar-refractivity contribution in [3.8, 4) is 17.2 Å². The number of carbonyl (C=O) groups excluding carboxylic acids is 1. The summed E-state index contributed by atoms with van der Waals surface area (Å²) in [4.78, 5) is 22.4. The fourth-order valence-corrected chi connectivity index (χ4v) is 4.04. The molecule has 1 saturated heterocycles. The lowest BCUT2D eigenvalue weighted by Gasteiger charge is -2.50. The number of rotatable bonds is 7. The van der Waals surface area contributed by atoms with Gasteiger partial charge >= 0.3 is 18.3 Å². The smallest absolute Gasteiger partial charge is 0.475 e. The molecule has 0 radical (unpaired) electrons. The Morgan fingerprint density at radius 2 is 1.81 bits per heavy atom. The summed E-state index contributed by atoms with van der Waals surface area (Å²) < 4.78 is 101. The number of hydrogen-bond acceptors (Lipinski definition) is 7. The minimum absolute atomic E-state index is 0.00276. The van der Waals surface area contributed by atoms with Crippen molar-refractivity contribution < 1.29 is 54.9 Å². The summed E-state index contributed by atoms with van der Waals surface area (Å²) in [5, 5.41) is 38.4. The van der Waals surface area contributed by atoms with Crippen LogP contribution in [0, 0.1) is 23.0 Å². The van der Waals surface area contributed by atoms with Crippen LogP contribution >= 0.6 is 0 Å². The lowest BCUT2D eigenvalue weighted by molar-refractivity contribution is -0.192. The van der Waals surface area contributed by atoms with Crippen LogP contribution in [0.1, 0.15) is 29.4 Å². The second-order valence-electron chi connectivity index (χ2n) is 9.32. The Labute approximate surface area is 236 Å². The zero-order valence-electron chi connectivity index (χ0n) is 21.8. The minimum atomic E-state index is -5.08. The van der Waals surface area contributed by atoms with E-state index in [0.717, 1.165) is 6.07 Å². The van der Waals surface area contributed by atoms with Gasteiger partial charge < -0.3 is 20.4 Å². The number of amides is 1. The van der Waals surface area contributed by atoms with Crippen molar-refractivity contribution in [2.75, 3.05) is 18.0 Å². The number of nitriles is 1. The Bertz CT molecular complexity index is 1520. The molecule has 1 aliphatic rings. The van der Waals surface area contributed by atoms with Gasteiger partial charge in [0.05, 0.1) is 42.2 Å². The number of carboxylic acids is 1. The molecule has 3 aromatic rings. The molecular formula is C24H21F8N7O4. The number of H-pyrrole nitrogens is 1. The van der Waals surface area contributed by atoms with Gasteiger partial charge in [-0.05, 0) is 13.0 Å². The monoisotopic (exact) mass is 623 g/mol. The first-order valence-corrected chi connectivity index (χ1v) is 11.9. The second-order valence-corrected chi connectivity index (χ2v) is 9.32. The van der Waals surface area contributed by atoms with Crippen LogP contribution in [0.5, 0.6) is 0 Å². The first-order valence-electron chi connectivity index (χ1n) is 11.9. The molecule has 3 heterocycles. The van der Waals surface area contributed by atoms with Crippen LogP contribution in [0.2, 0.25) is 0 Å². The van der Waals surface area contributed by atoms with Gasteiger partial charge in [-0.3, -0.25) is 14.6 Å². The van der Waals surface area contributed by atoms with Gasteiger partial charge in [-0.15, -0.1) is 0 Å². The number of halogens is 8. The van der Waals surface area contributed by atoms with E-state index in [4.69, 9.17) is 9.90 Å². The molecule has 11 nitrogen and oxygen atoms in total. The highest BCUT2D eigenvalue weighted by Crippen LogP contribution is 2.38. The second kappa shape index (κ2) is 12.2. The molecule has 0 aliphatic carbocycles. The van der Waals surface area contributed by atoms with E-state index in [1.54, 1.807) is 22.4 Å². The van der Waals surface area contributed by atoms with Gasteiger partial charge in [-0.25, -0.2) is 13.6 Å². The maximum absolute atomic E-state index is 14.8. The lowest BCUT2D eigenvalue weighted by atomic mass is 9.86. The molecule has 0 unspecified atom stereocenters. The first-order chi connectivity index (χ1) is 19.9. The molecule has 4 rings (SSSR count). The number of aliphatic carboxylic acids is 1. The van der Waals surface area contributed by atoms with E-state index in [-0.39, 0.29) is 31.8 Å². The Balaban J connectivity index is 0.000000646. The molecule has 1 atom stereocenters. The number of nitrogens with one attached hydrogen (secondary N) is 2. The molecule has 1 aromatic carbocycles. The van der Waals surface area contributed by atoms with Crippen LogP contribution in [-0.4, -0.2) is 73.6 Å². The maximum atomic E-state index is 14.8. The Hall–Kier alpha value is -4.73. The largest absolute Gasteiger partial charge is 0.490 e. The Morgan fingerprint density at radius 3 is 2.35 bits per heavy atom. The maximum Gasteiger partial charge on any atom is 0.490 e. The van der Waals surface area contributed by atoms with E-state index in [1.165, 1.54) is 11.1 Å². The van der Waals surface area contributed by atoms with Crippen molar-refractivity contribution in [3.63, 3.8) is 0 Å². The molecule has 0 spiro atoms. The fourth-order valence-electron chi connectivity index (χ4n) is 4.04. The van der Waals surface area contributed by atoms with Crippen LogP contribution < -0.4 is 10.2 Å². The van der Waals surface area contributed by atoms with Gasteiger partial charge in [0.1, 0.15) is 23.2 Å². The third kappa shape index (κ3) is 7.20. The molecular weight excluding hydrogens is 602 g/mol. The Morgan fingerprint density at radius 1 is 1.19 bits per heavy atom. The van der Waals surface area contributed by atoms with E-state index in [2.05, 4.69) is 21.4 Å². The molecule has 1 fully saturated rings. The molecule has 0 bridgehead atoms. The molecule has 1 amide bonds. The van der Waals surface area contributed by atoms with Crippen molar-refractivity contribution in [1.82, 2.24) is 25.3 Å². The predicted molar refractivity (Wildman–Crippen MR) is 129 cm³/mol. The molecule has 232 valence electrons. The summed E-state index contributed by atoms with van der Waals surface area (Å²) >= 11 is 0. The number of carbonyl (C=O) groups is 2. The highest BCUT2D eigenvalue weighted by atomic mass is 19.4. The van der Waals surface area contributed by atoms with Gasteiger partial charge in [0.15, 0.2) is 0 Å². The van der Waals surface area contributed by atoms with Gasteiger partial charge in [0, 0.05) is 42.7 Å². The van der Waals surface area contributed by atoms with Crippen LogP contribution in [0.15, 0.2) is 30.7 Å². The van der Waals surface area contributed by atoms with Crippen LogP contribution in [0.25, 0.3) is 11.1 Å². The third-order valence-corrected chi connectivity index (χ3v) is 6.33. The van der Waals surface area contributed by atoms with Gasteiger partial charge in [0.2, 0.25) is 0 Å². The number of benzene rings is 1. The molecule has 2 aromatic heterocycles. The summed E-state index contributed by atoms with van der Waals surface area (Å²) in [5.74, 6) is -6.34. The number of aliphatic hydroxyl groups excluding tert-OH is 1. The van der Waals surface area contributed by atoms with Crippen molar-refractivity contribution in [2.45, 2.75) is 43.9 Å². The summed E-state index contributed by atoms with van der Waals surface area (Å²) in [6.45, 7) is 0.544. The number of nitrogens with zero attached hydrogens (tertiary/aromatic N) is 5. The van der Waals surface area contributed by atoms with Crippen molar-refractivity contribution in [1.29, 1.82) is 5.26 Å². The Kier molecular flexibility index (Phi) is 9.34. The van der Waals surface area contributed by atoms with E-state index < -0.39 is 53.0 Å². The number of aromatic amines is 1. The van der Waals surface area contributed by atoms with E-state index in [1.807, 2.05) is 0 Å². The van der Waals surface area contributed by atoms with Gasteiger partial charge in [-0.1, -0.05) is 0 Å². The normalized spacial score (nSPS) is 15.0. The van der Waals surface area contributed by atoms with Gasteiger partial charge in [-0.2, -0.15) is 41.8 Å². The average Bonchev–Trinajstić information content (AvgIpc) is 3.56. The highest BCUT2D eigenvalue weighted by molar-refractivity contribution is 5.95. The highest BCUT2D eigenvalue weighted by Gasteiger charge is 2.47. The van der Waals surface area contributed by atoms with Crippen LogP contribution in [-0.2, 0) is 16.9 Å². The molecule has 4 N–H and O–H groups in total. The molecule has 0 saturated carbocycles. The number of carboxylic acid groups (broad SMARTS) is 1. The SMILES string of the molecule is C[C@H](NC(=O)c1cc(F)c(N2CC(CC#N)(n3cc(-c4c[nH]nc4CO)cn3)C2)cc1F)C(F)(F)F.O=C(O)C(F)(F)F. The number of aliphatic hydroxyl groups is 1. The van der Waals surface area contributed by atoms with Crippen molar-refractivity contribution >= 4 is 17.6 Å². The predicted octanol–water partition coefficient (Wildman–Crippen LogP) is 3.49. The molecule has 19 heteroatoms. The molecule has 43 heavy (non-hydrogen) atoms. The van der Waals surface area contributed by atoms with E-state index in [0.29, 0.717) is 29.8 Å². The summed E-state index contributed by atoms with van der Waals surface area (Å²) in [6.07, 6.45) is -5.05. The fraction of sp³-hybridized carbons (Fsp3) is 0.375. The zero-order chi connectivity index (χ0) is 32.3. The molecule has 1 aliphatic heterocycles. The topological polar surface area (TPSA) is 160 Å². The third-order valence-electron chi connectivity index (χ3n) is 6.33. The number of alkyl halides is 6. The quantitative estimate of drug-likeness (QED) is 0.291. The minimum Gasteiger partial charge on any atom is -0.475 e.